The number of anilines is 2. The Morgan fingerprint density at radius 3 is 2.09 bits per heavy atom. The van der Waals surface area contributed by atoms with Crippen LogP contribution < -0.4 is 9.62 Å². The van der Waals surface area contributed by atoms with E-state index >= 15 is 0 Å². The lowest BCUT2D eigenvalue weighted by molar-refractivity contribution is -0.136. The van der Waals surface area contributed by atoms with Crippen LogP contribution in [0.15, 0.2) is 82.6 Å². The van der Waals surface area contributed by atoms with Crippen molar-refractivity contribution >= 4 is 39.1 Å². The molecule has 0 aliphatic heterocycles. The van der Waals surface area contributed by atoms with Crippen molar-refractivity contribution in [3.8, 4) is 0 Å². The summed E-state index contributed by atoms with van der Waals surface area (Å²) >= 11 is 1.49. The smallest absolute Gasteiger partial charge is 0.321 e. The van der Waals surface area contributed by atoms with E-state index in [9.17, 15) is 26.4 Å². The minimum atomic E-state index is -4.61. The number of hydrogen-bond donors (Lipinski definition) is 1. The summed E-state index contributed by atoms with van der Waals surface area (Å²) in [4.78, 5) is 13.5. The number of nitrogens with zero attached hydrogens (tertiary/aromatic N) is 1. The number of amides is 1. The van der Waals surface area contributed by atoms with Gasteiger partial charge in [-0.25, -0.2) is 8.42 Å². The quantitative estimate of drug-likeness (QED) is 0.473. The summed E-state index contributed by atoms with van der Waals surface area (Å²) in [7, 11) is -2.44. The van der Waals surface area contributed by atoms with Gasteiger partial charge >= 0.3 is 6.18 Å². The molecule has 0 spiro atoms. The molecule has 0 unspecified atom stereocenters. The molecule has 0 aromatic heterocycles. The molecular formula is C22H19F3N2O3S2. The third kappa shape index (κ3) is 5.08. The molecule has 0 radical (unpaired) electrons. The lowest BCUT2D eigenvalue weighted by Crippen LogP contribution is -2.26. The van der Waals surface area contributed by atoms with Gasteiger partial charge in [-0.1, -0.05) is 12.1 Å². The van der Waals surface area contributed by atoms with Crippen LogP contribution in [0.2, 0.25) is 0 Å². The van der Waals surface area contributed by atoms with Crippen molar-refractivity contribution in [2.75, 3.05) is 22.9 Å². The topological polar surface area (TPSA) is 66.5 Å². The van der Waals surface area contributed by atoms with E-state index in [-0.39, 0.29) is 16.1 Å². The number of hydrogen-bond acceptors (Lipinski definition) is 4. The van der Waals surface area contributed by atoms with Crippen LogP contribution in [0.4, 0.5) is 24.5 Å². The molecule has 3 aromatic rings. The molecule has 10 heteroatoms. The maximum Gasteiger partial charge on any atom is 0.418 e. The van der Waals surface area contributed by atoms with E-state index in [0.717, 1.165) is 21.3 Å². The Hall–Kier alpha value is -2.98. The predicted molar refractivity (Wildman–Crippen MR) is 120 cm³/mol. The van der Waals surface area contributed by atoms with Gasteiger partial charge in [-0.15, -0.1) is 11.8 Å². The number of para-hydroxylation sites is 1. The second kappa shape index (κ2) is 9.25. The fourth-order valence-electron chi connectivity index (χ4n) is 2.90. The molecule has 1 N–H and O–H groups in total. The Morgan fingerprint density at radius 2 is 1.53 bits per heavy atom. The maximum absolute atomic E-state index is 13.1. The fraction of sp³-hybridized carbons (Fsp3) is 0.136. The van der Waals surface area contributed by atoms with Crippen LogP contribution in [0.1, 0.15) is 15.9 Å². The molecule has 168 valence electrons. The summed E-state index contributed by atoms with van der Waals surface area (Å²) in [6, 6.07) is 16.6. The number of carbonyl (C=O) groups excluding carboxylic acids is 1. The van der Waals surface area contributed by atoms with Crippen molar-refractivity contribution in [3.63, 3.8) is 0 Å². The Labute approximate surface area is 188 Å². The number of halogens is 3. The van der Waals surface area contributed by atoms with Gasteiger partial charge in [0.05, 0.1) is 21.8 Å². The normalized spacial score (nSPS) is 11.8. The van der Waals surface area contributed by atoms with Crippen LogP contribution in [0.25, 0.3) is 0 Å². The number of benzene rings is 3. The van der Waals surface area contributed by atoms with Gasteiger partial charge in [0.25, 0.3) is 15.9 Å². The average molecular weight is 481 g/mol. The van der Waals surface area contributed by atoms with Crippen molar-refractivity contribution in [1.29, 1.82) is 0 Å². The summed E-state index contributed by atoms with van der Waals surface area (Å²) in [6.45, 7) is 0. The van der Waals surface area contributed by atoms with Crippen molar-refractivity contribution in [1.82, 2.24) is 0 Å². The molecule has 0 aliphatic rings. The molecule has 0 saturated heterocycles. The molecule has 0 atom stereocenters. The minimum Gasteiger partial charge on any atom is -0.321 e. The van der Waals surface area contributed by atoms with Crippen LogP contribution in [-0.2, 0) is 16.2 Å². The lowest BCUT2D eigenvalue weighted by Gasteiger charge is -2.20. The zero-order valence-corrected chi connectivity index (χ0v) is 18.7. The average Bonchev–Trinajstić information content (AvgIpc) is 2.78. The Bertz CT molecular complexity index is 1210. The number of carbonyl (C=O) groups is 1. The van der Waals surface area contributed by atoms with E-state index < -0.39 is 27.7 Å². The highest BCUT2D eigenvalue weighted by atomic mass is 32.2. The summed E-state index contributed by atoms with van der Waals surface area (Å²) in [6.07, 6.45) is -2.73. The highest BCUT2D eigenvalue weighted by Gasteiger charge is 2.33. The monoisotopic (exact) mass is 480 g/mol. The van der Waals surface area contributed by atoms with Gasteiger partial charge in [-0.05, 0) is 66.9 Å². The molecule has 0 fully saturated rings. The van der Waals surface area contributed by atoms with Crippen molar-refractivity contribution in [2.45, 2.75) is 16.0 Å². The first kappa shape index (κ1) is 23.7. The van der Waals surface area contributed by atoms with Crippen LogP contribution in [0.3, 0.4) is 0 Å². The molecule has 0 bridgehead atoms. The van der Waals surface area contributed by atoms with Gasteiger partial charge in [-0.2, -0.15) is 13.2 Å². The van der Waals surface area contributed by atoms with Crippen molar-refractivity contribution in [2.24, 2.45) is 0 Å². The Balaban J connectivity index is 1.79. The molecule has 0 aliphatic carbocycles. The Morgan fingerprint density at radius 1 is 0.938 bits per heavy atom. The van der Waals surface area contributed by atoms with E-state index in [4.69, 9.17) is 0 Å². The maximum atomic E-state index is 13.1. The zero-order valence-electron chi connectivity index (χ0n) is 17.1. The SMILES string of the molecule is CSc1ccc(S(=O)(=O)N(C)c2ccc(C(=O)Nc3ccccc3C(F)(F)F)cc2)cc1. The highest BCUT2D eigenvalue weighted by molar-refractivity contribution is 7.98. The molecule has 3 aromatic carbocycles. The van der Waals surface area contributed by atoms with E-state index in [1.807, 2.05) is 6.26 Å². The number of nitrogens with one attached hydrogen (secondary N) is 1. The van der Waals surface area contributed by atoms with Crippen molar-refractivity contribution in [3.05, 3.63) is 83.9 Å². The van der Waals surface area contributed by atoms with Crippen molar-refractivity contribution < 1.29 is 26.4 Å². The van der Waals surface area contributed by atoms with E-state index in [2.05, 4.69) is 5.32 Å². The summed E-state index contributed by atoms with van der Waals surface area (Å²) < 4.78 is 66.2. The van der Waals surface area contributed by atoms with E-state index in [1.54, 1.807) is 12.1 Å². The van der Waals surface area contributed by atoms with E-state index in [1.165, 1.54) is 67.3 Å². The van der Waals surface area contributed by atoms with Gasteiger partial charge in [0.2, 0.25) is 0 Å². The lowest BCUT2D eigenvalue weighted by atomic mass is 10.1. The van der Waals surface area contributed by atoms with Gasteiger partial charge < -0.3 is 5.32 Å². The third-order valence-corrected chi connectivity index (χ3v) is 7.23. The second-order valence-electron chi connectivity index (χ2n) is 6.69. The summed E-state index contributed by atoms with van der Waals surface area (Å²) in [5.41, 5.74) is -0.933. The van der Waals surface area contributed by atoms with Crippen LogP contribution in [0.5, 0.6) is 0 Å². The van der Waals surface area contributed by atoms with Crippen LogP contribution >= 0.6 is 11.8 Å². The number of alkyl halides is 3. The van der Waals surface area contributed by atoms with Gasteiger partial charge in [0.15, 0.2) is 0 Å². The molecular weight excluding hydrogens is 461 g/mol. The van der Waals surface area contributed by atoms with Gasteiger partial charge in [-0.3, -0.25) is 9.10 Å². The third-order valence-electron chi connectivity index (χ3n) is 4.69. The number of thioether (sulfide) groups is 1. The first-order valence-electron chi connectivity index (χ1n) is 9.24. The molecule has 0 heterocycles. The first-order chi connectivity index (χ1) is 15.0. The number of rotatable bonds is 6. The van der Waals surface area contributed by atoms with Gasteiger partial charge in [0, 0.05) is 17.5 Å². The molecule has 1 amide bonds. The molecule has 0 saturated carbocycles. The largest absolute Gasteiger partial charge is 0.418 e. The second-order valence-corrected chi connectivity index (χ2v) is 9.54. The van der Waals surface area contributed by atoms with E-state index in [0.29, 0.717) is 5.69 Å². The minimum absolute atomic E-state index is 0.0841. The summed E-state index contributed by atoms with van der Waals surface area (Å²) in [5, 5.41) is 2.26. The van der Waals surface area contributed by atoms with Crippen LogP contribution in [-0.4, -0.2) is 27.6 Å². The van der Waals surface area contributed by atoms with Gasteiger partial charge in [0.1, 0.15) is 0 Å². The standard InChI is InChI=1S/C22H19F3N2O3S2/c1-27(32(29,30)18-13-11-17(31-2)12-14-18)16-9-7-15(8-10-16)21(28)26-20-6-4-3-5-19(20)22(23,24)25/h3-14H,1-2H3,(H,26,28). The predicted octanol–water partition coefficient (Wildman–Crippen LogP) is 5.50. The molecule has 3 rings (SSSR count). The molecule has 32 heavy (non-hydrogen) atoms. The Kier molecular flexibility index (Phi) is 6.85. The fourth-order valence-corrected chi connectivity index (χ4v) is 4.50. The first-order valence-corrected chi connectivity index (χ1v) is 11.9. The van der Waals surface area contributed by atoms with Crippen LogP contribution in [0, 0.1) is 0 Å². The summed E-state index contributed by atoms with van der Waals surface area (Å²) in [5.74, 6) is -0.744. The zero-order chi connectivity index (χ0) is 23.5. The number of sulfonamides is 1. The molecule has 5 nitrogen and oxygen atoms in total. The highest BCUT2D eigenvalue weighted by Crippen LogP contribution is 2.34.